The number of hydrogen-bond donors (Lipinski definition) is 0. The second kappa shape index (κ2) is 8.58. The Morgan fingerprint density at radius 1 is 0.967 bits per heavy atom. The molecule has 1 aliphatic carbocycles. The van der Waals surface area contributed by atoms with Gasteiger partial charge in [-0.3, -0.25) is 0 Å². The fraction of sp³-hybridized carbons (Fsp3) is 0.174. The van der Waals surface area contributed by atoms with Crippen LogP contribution < -0.4 is 0 Å². The van der Waals surface area contributed by atoms with Crippen LogP contribution in [-0.4, -0.2) is 15.1 Å². The summed E-state index contributed by atoms with van der Waals surface area (Å²) in [7, 11) is 0. The van der Waals surface area contributed by atoms with E-state index in [1.807, 2.05) is 11.2 Å². The van der Waals surface area contributed by atoms with E-state index in [1.54, 1.807) is 12.1 Å². The minimum absolute atomic E-state index is 0.0956. The molecular weight excluding hydrogens is 407 g/mol. The number of hydrogen-bond acceptors (Lipinski definition) is 4. The molecule has 0 spiro atoms. The molecule has 4 rings (SSSR count). The monoisotopic (exact) mass is 421 g/mol. The fourth-order valence-corrected chi connectivity index (χ4v) is 3.12. The smallest absolute Gasteiger partial charge is 0.205 e. The van der Waals surface area contributed by atoms with Crippen LogP contribution in [-0.2, 0) is 6.42 Å². The molecule has 1 aromatic heterocycles. The number of rotatable bonds is 4. The summed E-state index contributed by atoms with van der Waals surface area (Å²) in [5.41, 5.74) is 1.51. The molecule has 0 bridgehead atoms. The minimum atomic E-state index is -0.895. The summed E-state index contributed by atoms with van der Waals surface area (Å²) in [4.78, 5) is 11.5. The largest absolute Gasteiger partial charge is 0.229 e. The van der Waals surface area contributed by atoms with Crippen LogP contribution in [0.15, 0.2) is 47.7 Å². The Kier molecular flexibility index (Phi) is 5.71. The summed E-state index contributed by atoms with van der Waals surface area (Å²) in [5.74, 6) is 3.95. The van der Waals surface area contributed by atoms with Gasteiger partial charge in [0.15, 0.2) is 11.6 Å². The van der Waals surface area contributed by atoms with Crippen molar-refractivity contribution in [2.45, 2.75) is 19.3 Å². The van der Waals surface area contributed by atoms with Gasteiger partial charge in [-0.15, -0.1) is 0 Å². The van der Waals surface area contributed by atoms with E-state index in [2.05, 4.69) is 39.0 Å². The summed E-state index contributed by atoms with van der Waals surface area (Å²) in [6.07, 6.45) is 6.26. The quantitative estimate of drug-likeness (QED) is 0.311. The Morgan fingerprint density at radius 2 is 1.67 bits per heavy atom. The van der Waals surface area contributed by atoms with Gasteiger partial charge in [-0.1, -0.05) is 18.1 Å². The van der Waals surface area contributed by atoms with Crippen LogP contribution >= 0.6 is 12.2 Å². The van der Waals surface area contributed by atoms with Crippen molar-refractivity contribution in [3.05, 3.63) is 77.1 Å². The summed E-state index contributed by atoms with van der Waals surface area (Å²) < 4.78 is 42.2. The molecule has 30 heavy (non-hydrogen) atoms. The van der Waals surface area contributed by atoms with Crippen LogP contribution in [0, 0.1) is 35.2 Å². The second-order valence-corrected chi connectivity index (χ2v) is 7.18. The summed E-state index contributed by atoms with van der Waals surface area (Å²) in [5, 5.41) is 1.93. The van der Waals surface area contributed by atoms with E-state index in [4.69, 9.17) is 0 Å². The molecule has 0 aliphatic heterocycles. The molecule has 0 N–H and O–H groups in total. The molecule has 0 amide bonds. The topological polar surface area (TPSA) is 38.1 Å². The van der Waals surface area contributed by atoms with Crippen molar-refractivity contribution in [2.24, 2.45) is 10.9 Å². The van der Waals surface area contributed by atoms with Gasteiger partial charge in [0.1, 0.15) is 11.5 Å². The predicted octanol–water partition coefficient (Wildman–Crippen LogP) is 5.65. The van der Waals surface area contributed by atoms with Crippen LogP contribution in [0.5, 0.6) is 0 Å². The molecule has 2 aromatic carbocycles. The molecule has 3 nitrogen and oxygen atoms in total. The standard InChI is InChI=1S/C23H14F3N3S/c24-19-8-15(7-14-1-2-14)3-5-18(19)17-11-27-22(28-12-17)6-4-16-9-20(25)23(29-13-30)21(26)10-16/h3,5,8-12,14H,1-2,7H2. The lowest BCUT2D eigenvalue weighted by atomic mass is 10.0. The van der Waals surface area contributed by atoms with Gasteiger partial charge in [-0.05, 0) is 67.1 Å². The van der Waals surface area contributed by atoms with Gasteiger partial charge < -0.3 is 0 Å². The number of isothiocyanates is 1. The van der Waals surface area contributed by atoms with Crippen LogP contribution in [0.2, 0.25) is 0 Å². The first-order valence-corrected chi connectivity index (χ1v) is 9.64. The highest BCUT2D eigenvalue weighted by atomic mass is 32.1. The van der Waals surface area contributed by atoms with Crippen molar-refractivity contribution in [1.82, 2.24) is 9.97 Å². The highest BCUT2D eigenvalue weighted by Gasteiger charge is 2.22. The average molecular weight is 421 g/mol. The molecular formula is C23H14F3N3S. The molecule has 0 unspecified atom stereocenters. The predicted molar refractivity (Wildman–Crippen MR) is 111 cm³/mol. The Hall–Kier alpha value is -3.33. The van der Waals surface area contributed by atoms with E-state index >= 15 is 0 Å². The van der Waals surface area contributed by atoms with Crippen molar-refractivity contribution in [2.75, 3.05) is 0 Å². The Bertz CT molecular complexity index is 1200. The van der Waals surface area contributed by atoms with Gasteiger partial charge >= 0.3 is 0 Å². The summed E-state index contributed by atoms with van der Waals surface area (Å²) in [6.45, 7) is 0. The Balaban J connectivity index is 1.53. The van der Waals surface area contributed by atoms with E-state index in [1.165, 1.54) is 25.2 Å². The first-order chi connectivity index (χ1) is 14.5. The van der Waals surface area contributed by atoms with Crippen LogP contribution in [0.1, 0.15) is 29.8 Å². The van der Waals surface area contributed by atoms with Gasteiger partial charge in [-0.25, -0.2) is 23.1 Å². The zero-order chi connectivity index (χ0) is 21.1. The lowest BCUT2D eigenvalue weighted by molar-refractivity contribution is 0.587. The zero-order valence-corrected chi connectivity index (χ0v) is 16.4. The molecule has 0 atom stereocenters. The van der Waals surface area contributed by atoms with Gasteiger partial charge in [0, 0.05) is 29.1 Å². The van der Waals surface area contributed by atoms with Gasteiger partial charge in [0.25, 0.3) is 0 Å². The zero-order valence-electron chi connectivity index (χ0n) is 15.6. The van der Waals surface area contributed by atoms with Crippen molar-refractivity contribution < 1.29 is 13.2 Å². The normalized spacial score (nSPS) is 12.6. The molecule has 0 radical (unpaired) electrons. The van der Waals surface area contributed by atoms with E-state index in [0.29, 0.717) is 17.0 Å². The molecule has 0 saturated heterocycles. The maximum Gasteiger partial charge on any atom is 0.205 e. The third-order valence-corrected chi connectivity index (χ3v) is 4.80. The maximum atomic E-state index is 14.5. The van der Waals surface area contributed by atoms with E-state index < -0.39 is 17.3 Å². The van der Waals surface area contributed by atoms with Crippen molar-refractivity contribution in [3.63, 3.8) is 0 Å². The van der Waals surface area contributed by atoms with Crippen LogP contribution in [0.25, 0.3) is 11.1 Å². The highest BCUT2D eigenvalue weighted by Crippen LogP contribution is 2.33. The fourth-order valence-electron chi connectivity index (χ4n) is 3.02. The maximum absolute atomic E-state index is 14.5. The number of benzene rings is 2. The van der Waals surface area contributed by atoms with E-state index in [0.717, 1.165) is 24.1 Å². The average Bonchev–Trinajstić information content (AvgIpc) is 3.54. The van der Waals surface area contributed by atoms with Crippen LogP contribution in [0.4, 0.5) is 18.9 Å². The van der Waals surface area contributed by atoms with Crippen LogP contribution in [0.3, 0.4) is 0 Å². The first-order valence-electron chi connectivity index (χ1n) is 9.23. The van der Waals surface area contributed by atoms with Gasteiger partial charge in [-0.2, -0.15) is 4.99 Å². The molecule has 7 heteroatoms. The lowest BCUT2D eigenvalue weighted by Gasteiger charge is -2.06. The molecule has 1 heterocycles. The Labute approximate surface area is 176 Å². The summed E-state index contributed by atoms with van der Waals surface area (Å²) in [6, 6.07) is 7.28. The van der Waals surface area contributed by atoms with Crippen molar-refractivity contribution in [1.29, 1.82) is 0 Å². The van der Waals surface area contributed by atoms with Gasteiger partial charge in [0.2, 0.25) is 5.82 Å². The molecule has 1 saturated carbocycles. The molecule has 1 fully saturated rings. The minimum Gasteiger partial charge on any atom is -0.229 e. The molecule has 1 aliphatic rings. The van der Waals surface area contributed by atoms with E-state index in [-0.39, 0.29) is 17.2 Å². The number of nitrogens with zero attached hydrogens (tertiary/aromatic N) is 3. The second-order valence-electron chi connectivity index (χ2n) is 7.00. The highest BCUT2D eigenvalue weighted by molar-refractivity contribution is 7.78. The lowest BCUT2D eigenvalue weighted by Crippen LogP contribution is -1.94. The molecule has 3 aromatic rings. The summed E-state index contributed by atoms with van der Waals surface area (Å²) >= 11 is 4.36. The number of aromatic nitrogens is 2. The first kappa shape index (κ1) is 20.0. The van der Waals surface area contributed by atoms with Crippen molar-refractivity contribution >= 4 is 23.1 Å². The SMILES string of the molecule is Fc1cc(CC2CC2)ccc1-c1cnc(C#Cc2cc(F)c(N=C=S)c(F)c2)nc1. The third kappa shape index (κ3) is 4.62. The number of aliphatic imine (C=N–C) groups is 1. The van der Waals surface area contributed by atoms with Crippen molar-refractivity contribution in [3.8, 4) is 23.0 Å². The van der Waals surface area contributed by atoms with E-state index in [9.17, 15) is 13.2 Å². The van der Waals surface area contributed by atoms with Gasteiger partial charge in [0.05, 0.1) is 5.16 Å². The number of thiocarbonyl (C=S) groups is 1. The molecule has 148 valence electrons. The Morgan fingerprint density at radius 3 is 2.27 bits per heavy atom. The third-order valence-electron chi connectivity index (χ3n) is 4.71. The number of halogens is 3.